The number of hydrogen-bond donors (Lipinski definition) is 2. The van der Waals surface area contributed by atoms with E-state index in [9.17, 15) is 0 Å². The summed E-state index contributed by atoms with van der Waals surface area (Å²) < 4.78 is 0. The van der Waals surface area contributed by atoms with Crippen LogP contribution in [-0.2, 0) is 6.54 Å². The molecule has 5 nitrogen and oxygen atoms in total. The third kappa shape index (κ3) is 5.26. The Hall–Kier alpha value is -1.59. The maximum atomic E-state index is 4.49. The molecule has 28 heavy (non-hydrogen) atoms. The predicted molar refractivity (Wildman–Crippen MR) is 117 cm³/mol. The van der Waals surface area contributed by atoms with Gasteiger partial charge in [-0.05, 0) is 57.1 Å². The van der Waals surface area contributed by atoms with Gasteiger partial charge in [0.1, 0.15) is 0 Å². The topological polar surface area (TPSA) is 42.9 Å². The SMILES string of the molecule is CN=C(NCC1CCN(C2CC2)C1)NC1CCN(Cc2ccccc2)C(C)C1. The van der Waals surface area contributed by atoms with Gasteiger partial charge in [-0.3, -0.25) is 9.89 Å². The Kier molecular flexibility index (Phi) is 6.53. The molecule has 1 aromatic carbocycles. The number of benzene rings is 1. The second-order valence-corrected chi connectivity index (χ2v) is 9.00. The largest absolute Gasteiger partial charge is 0.356 e. The van der Waals surface area contributed by atoms with Gasteiger partial charge in [-0.15, -0.1) is 0 Å². The molecule has 0 amide bonds. The predicted octanol–water partition coefficient (Wildman–Crippen LogP) is 2.69. The summed E-state index contributed by atoms with van der Waals surface area (Å²) in [4.78, 5) is 9.78. The van der Waals surface area contributed by atoms with Crippen LogP contribution in [0, 0.1) is 5.92 Å². The van der Waals surface area contributed by atoms with E-state index in [1.807, 2.05) is 7.05 Å². The van der Waals surface area contributed by atoms with Crippen LogP contribution in [0.2, 0.25) is 0 Å². The minimum atomic E-state index is 0.514. The number of nitrogens with zero attached hydrogens (tertiary/aromatic N) is 3. The summed E-state index contributed by atoms with van der Waals surface area (Å²) in [6, 6.07) is 12.8. The van der Waals surface area contributed by atoms with Gasteiger partial charge < -0.3 is 15.5 Å². The molecule has 0 spiro atoms. The van der Waals surface area contributed by atoms with E-state index in [4.69, 9.17) is 0 Å². The first kappa shape index (κ1) is 19.7. The third-order valence-corrected chi connectivity index (χ3v) is 6.75. The quantitative estimate of drug-likeness (QED) is 0.586. The van der Waals surface area contributed by atoms with Gasteiger partial charge >= 0.3 is 0 Å². The van der Waals surface area contributed by atoms with Crippen molar-refractivity contribution in [1.82, 2.24) is 20.4 Å². The Morgan fingerprint density at radius 2 is 1.93 bits per heavy atom. The zero-order chi connectivity index (χ0) is 19.3. The second kappa shape index (κ2) is 9.27. The van der Waals surface area contributed by atoms with Crippen LogP contribution in [0.25, 0.3) is 0 Å². The Balaban J connectivity index is 1.19. The van der Waals surface area contributed by atoms with Gasteiger partial charge in [-0.1, -0.05) is 30.3 Å². The molecular formula is C23H37N5. The maximum Gasteiger partial charge on any atom is 0.191 e. The van der Waals surface area contributed by atoms with Crippen molar-refractivity contribution in [2.24, 2.45) is 10.9 Å². The van der Waals surface area contributed by atoms with E-state index in [1.54, 1.807) is 0 Å². The molecule has 2 N–H and O–H groups in total. The average Bonchev–Trinajstić information content (AvgIpc) is 3.46. The van der Waals surface area contributed by atoms with Crippen LogP contribution in [-0.4, -0.2) is 67.1 Å². The van der Waals surface area contributed by atoms with Gasteiger partial charge in [0.2, 0.25) is 0 Å². The van der Waals surface area contributed by atoms with E-state index < -0.39 is 0 Å². The number of piperidine rings is 1. The Labute approximate surface area is 170 Å². The molecule has 2 heterocycles. The van der Waals surface area contributed by atoms with Crippen LogP contribution >= 0.6 is 0 Å². The van der Waals surface area contributed by atoms with Gasteiger partial charge in [-0.2, -0.15) is 0 Å². The van der Waals surface area contributed by atoms with Crippen molar-refractivity contribution in [3.63, 3.8) is 0 Å². The molecule has 3 atom stereocenters. The molecule has 1 saturated carbocycles. The highest BCUT2D eigenvalue weighted by Crippen LogP contribution is 2.31. The summed E-state index contributed by atoms with van der Waals surface area (Å²) in [6.45, 7) is 8.16. The Morgan fingerprint density at radius 3 is 2.64 bits per heavy atom. The number of aliphatic imine (C=N–C) groups is 1. The van der Waals surface area contributed by atoms with Crippen molar-refractivity contribution in [3.05, 3.63) is 35.9 Å². The van der Waals surface area contributed by atoms with Crippen molar-refractivity contribution < 1.29 is 0 Å². The summed E-state index contributed by atoms with van der Waals surface area (Å²) >= 11 is 0. The highest BCUT2D eigenvalue weighted by molar-refractivity contribution is 5.80. The normalized spacial score (nSPS) is 29.8. The molecule has 5 heteroatoms. The highest BCUT2D eigenvalue weighted by Gasteiger charge is 2.34. The van der Waals surface area contributed by atoms with Gasteiger partial charge in [-0.25, -0.2) is 0 Å². The van der Waals surface area contributed by atoms with E-state index in [0.717, 1.165) is 37.6 Å². The summed E-state index contributed by atoms with van der Waals surface area (Å²) in [5.41, 5.74) is 1.41. The minimum absolute atomic E-state index is 0.514. The monoisotopic (exact) mass is 383 g/mol. The number of nitrogens with one attached hydrogen (secondary N) is 2. The van der Waals surface area contributed by atoms with Crippen LogP contribution in [0.1, 0.15) is 44.6 Å². The Morgan fingerprint density at radius 1 is 1.11 bits per heavy atom. The molecule has 0 bridgehead atoms. The van der Waals surface area contributed by atoms with Crippen molar-refractivity contribution in [2.75, 3.05) is 33.2 Å². The van der Waals surface area contributed by atoms with E-state index in [1.165, 1.54) is 50.8 Å². The van der Waals surface area contributed by atoms with E-state index in [0.29, 0.717) is 12.1 Å². The van der Waals surface area contributed by atoms with Gasteiger partial charge in [0.05, 0.1) is 0 Å². The smallest absolute Gasteiger partial charge is 0.191 e. The molecule has 3 aliphatic rings. The summed E-state index contributed by atoms with van der Waals surface area (Å²) in [5.74, 6) is 1.75. The van der Waals surface area contributed by atoms with E-state index in [-0.39, 0.29) is 0 Å². The van der Waals surface area contributed by atoms with Crippen LogP contribution in [0.3, 0.4) is 0 Å². The molecule has 0 radical (unpaired) electrons. The van der Waals surface area contributed by atoms with Crippen LogP contribution in [0.4, 0.5) is 0 Å². The first-order valence-corrected chi connectivity index (χ1v) is 11.2. The van der Waals surface area contributed by atoms with Crippen molar-refractivity contribution >= 4 is 5.96 Å². The fourth-order valence-electron chi connectivity index (χ4n) is 4.83. The molecule has 0 aromatic heterocycles. The fourth-order valence-corrected chi connectivity index (χ4v) is 4.83. The lowest BCUT2D eigenvalue weighted by Crippen LogP contribution is -2.51. The minimum Gasteiger partial charge on any atom is -0.356 e. The van der Waals surface area contributed by atoms with Crippen LogP contribution in [0.5, 0.6) is 0 Å². The van der Waals surface area contributed by atoms with Gasteiger partial charge in [0.25, 0.3) is 0 Å². The van der Waals surface area contributed by atoms with E-state index >= 15 is 0 Å². The highest BCUT2D eigenvalue weighted by atomic mass is 15.2. The first-order valence-electron chi connectivity index (χ1n) is 11.2. The number of hydrogen-bond acceptors (Lipinski definition) is 3. The van der Waals surface area contributed by atoms with Crippen LogP contribution < -0.4 is 10.6 Å². The molecule has 3 unspecified atom stereocenters. The average molecular weight is 384 g/mol. The van der Waals surface area contributed by atoms with Crippen molar-refractivity contribution in [1.29, 1.82) is 0 Å². The van der Waals surface area contributed by atoms with Gasteiger partial charge in [0.15, 0.2) is 5.96 Å². The summed E-state index contributed by atoms with van der Waals surface area (Å²) in [6.07, 6.45) is 6.52. The molecule has 154 valence electrons. The second-order valence-electron chi connectivity index (χ2n) is 9.00. The lowest BCUT2D eigenvalue weighted by atomic mass is 9.97. The number of rotatable bonds is 6. The van der Waals surface area contributed by atoms with Crippen molar-refractivity contribution in [2.45, 2.75) is 63.7 Å². The molecule has 3 fully saturated rings. The summed E-state index contributed by atoms with van der Waals surface area (Å²) in [5, 5.41) is 7.29. The number of likely N-dealkylation sites (tertiary alicyclic amines) is 2. The standard InChI is InChI=1S/C23H37N5/c1-18-14-21(11-13-27(18)16-19-6-4-3-5-7-19)26-23(24-2)25-15-20-10-12-28(17-20)22-8-9-22/h3-7,18,20-22H,8-17H2,1-2H3,(H2,24,25,26). The van der Waals surface area contributed by atoms with Crippen LogP contribution in [0.15, 0.2) is 35.3 Å². The maximum absolute atomic E-state index is 4.49. The molecule has 1 aliphatic carbocycles. The zero-order valence-corrected chi connectivity index (χ0v) is 17.6. The van der Waals surface area contributed by atoms with Crippen molar-refractivity contribution in [3.8, 4) is 0 Å². The van der Waals surface area contributed by atoms with E-state index in [2.05, 4.69) is 62.7 Å². The molecule has 2 saturated heterocycles. The summed E-state index contributed by atoms with van der Waals surface area (Å²) in [7, 11) is 1.90. The zero-order valence-electron chi connectivity index (χ0n) is 17.6. The molecule has 1 aromatic rings. The molecule has 4 rings (SSSR count). The third-order valence-electron chi connectivity index (χ3n) is 6.75. The number of guanidine groups is 1. The Bertz CT molecular complexity index is 642. The lowest BCUT2D eigenvalue weighted by Gasteiger charge is -2.38. The first-order chi connectivity index (χ1) is 13.7. The lowest BCUT2D eigenvalue weighted by molar-refractivity contribution is 0.134. The molecule has 2 aliphatic heterocycles. The van der Waals surface area contributed by atoms with Gasteiger partial charge in [0, 0.05) is 51.4 Å². The fraction of sp³-hybridized carbons (Fsp3) is 0.696. The molecular weight excluding hydrogens is 346 g/mol.